The van der Waals surface area contributed by atoms with E-state index >= 15 is 0 Å². The number of pyridine rings is 1. The fraction of sp³-hybridized carbons (Fsp3) is 0.520. The molecule has 3 heterocycles. The van der Waals surface area contributed by atoms with Crippen molar-refractivity contribution < 1.29 is 14.3 Å². The van der Waals surface area contributed by atoms with Gasteiger partial charge in [0.15, 0.2) is 0 Å². The molecule has 1 fully saturated rings. The summed E-state index contributed by atoms with van der Waals surface area (Å²) in [6.07, 6.45) is 2.68. The van der Waals surface area contributed by atoms with Crippen molar-refractivity contribution in [3.05, 3.63) is 56.5 Å². The molecule has 2 aliphatic heterocycles. The summed E-state index contributed by atoms with van der Waals surface area (Å²) in [4.78, 5) is 30.4. The number of ether oxygens (including phenoxy) is 2. The molecule has 1 amide bonds. The summed E-state index contributed by atoms with van der Waals surface area (Å²) in [7, 11) is 3.23. The van der Waals surface area contributed by atoms with Crippen molar-refractivity contribution >= 4 is 5.91 Å². The minimum absolute atomic E-state index is 0.0156. The molecule has 0 atom stereocenters. The van der Waals surface area contributed by atoms with Gasteiger partial charge in [0.1, 0.15) is 17.1 Å². The molecule has 2 aliphatic rings. The third kappa shape index (κ3) is 4.13. The summed E-state index contributed by atoms with van der Waals surface area (Å²) in [5, 5.41) is 0. The van der Waals surface area contributed by atoms with Gasteiger partial charge in [-0.1, -0.05) is 6.07 Å². The number of nitrogens with zero attached hydrogens (tertiary/aromatic N) is 3. The molecule has 0 aliphatic carbocycles. The Bertz CT molecular complexity index is 1070. The number of aromatic nitrogens is 1. The molecule has 7 nitrogen and oxygen atoms in total. The van der Waals surface area contributed by atoms with Crippen molar-refractivity contribution in [2.45, 2.75) is 46.2 Å². The lowest BCUT2D eigenvalue weighted by atomic mass is 10.0. The maximum absolute atomic E-state index is 13.3. The first-order valence-corrected chi connectivity index (χ1v) is 11.4. The molecule has 0 N–H and O–H groups in total. The van der Waals surface area contributed by atoms with Crippen LogP contribution in [0, 0.1) is 13.8 Å². The number of amides is 1. The third-order valence-electron chi connectivity index (χ3n) is 6.98. The number of fused-ring (bicyclic) bond motifs is 1. The molecule has 2 aromatic rings. The van der Waals surface area contributed by atoms with Crippen LogP contribution in [0.5, 0.6) is 11.5 Å². The Morgan fingerprint density at radius 2 is 1.66 bits per heavy atom. The normalized spacial score (nSPS) is 16.6. The first-order chi connectivity index (χ1) is 15.4. The quantitative estimate of drug-likeness (QED) is 0.717. The predicted octanol–water partition coefficient (Wildman–Crippen LogP) is 2.78. The summed E-state index contributed by atoms with van der Waals surface area (Å²) < 4.78 is 12.7. The molecule has 32 heavy (non-hydrogen) atoms. The molecule has 0 unspecified atom stereocenters. The molecule has 0 saturated carbocycles. The molecule has 7 heteroatoms. The van der Waals surface area contributed by atoms with Gasteiger partial charge in [-0.15, -0.1) is 0 Å². The monoisotopic (exact) mass is 439 g/mol. The van der Waals surface area contributed by atoms with E-state index in [-0.39, 0.29) is 11.5 Å². The zero-order chi connectivity index (χ0) is 22.8. The molecule has 1 aromatic carbocycles. The third-order valence-corrected chi connectivity index (χ3v) is 6.98. The zero-order valence-electron chi connectivity index (χ0n) is 19.6. The van der Waals surface area contributed by atoms with Crippen LogP contribution in [-0.4, -0.2) is 60.7 Å². The average molecular weight is 440 g/mol. The van der Waals surface area contributed by atoms with Gasteiger partial charge in [0.05, 0.1) is 14.2 Å². The van der Waals surface area contributed by atoms with Crippen LogP contribution in [0.25, 0.3) is 0 Å². The summed E-state index contributed by atoms with van der Waals surface area (Å²) in [6.45, 7) is 8.63. The summed E-state index contributed by atoms with van der Waals surface area (Å²) >= 11 is 0. The fourth-order valence-corrected chi connectivity index (χ4v) is 4.91. The molecule has 0 bridgehead atoms. The van der Waals surface area contributed by atoms with E-state index in [2.05, 4.69) is 24.8 Å². The number of carbonyl (C=O) groups is 1. The SMILES string of the molecule is COc1ccc(CN2CCc3c(C(=O)N4CCCC4)c(OC)cc(=O)n3CC2)c(C)c1C. The van der Waals surface area contributed by atoms with Crippen LogP contribution in [0.15, 0.2) is 23.0 Å². The van der Waals surface area contributed by atoms with Crippen molar-refractivity contribution in [3.63, 3.8) is 0 Å². The van der Waals surface area contributed by atoms with Crippen LogP contribution in [0.4, 0.5) is 0 Å². The van der Waals surface area contributed by atoms with Crippen LogP contribution in [0.3, 0.4) is 0 Å². The molecule has 1 aromatic heterocycles. The molecule has 1 saturated heterocycles. The van der Waals surface area contributed by atoms with Gasteiger partial charge in [0.25, 0.3) is 11.5 Å². The molecule has 4 rings (SSSR count). The Kier molecular flexibility index (Phi) is 6.55. The van der Waals surface area contributed by atoms with Crippen LogP contribution in [0.2, 0.25) is 0 Å². The Balaban J connectivity index is 1.62. The van der Waals surface area contributed by atoms with Gasteiger partial charge in [0.2, 0.25) is 0 Å². The van der Waals surface area contributed by atoms with Crippen LogP contribution < -0.4 is 15.0 Å². The van der Waals surface area contributed by atoms with Crippen molar-refractivity contribution in [2.75, 3.05) is 40.4 Å². The number of hydrogen-bond acceptors (Lipinski definition) is 5. The van der Waals surface area contributed by atoms with E-state index in [0.717, 1.165) is 62.6 Å². The van der Waals surface area contributed by atoms with E-state index < -0.39 is 0 Å². The number of methoxy groups -OCH3 is 2. The van der Waals surface area contributed by atoms with Crippen molar-refractivity contribution in [1.82, 2.24) is 14.4 Å². The molecule has 0 spiro atoms. The second-order valence-electron chi connectivity index (χ2n) is 8.73. The number of rotatable bonds is 5. The molecular weight excluding hydrogens is 406 g/mol. The summed E-state index contributed by atoms with van der Waals surface area (Å²) in [5.74, 6) is 1.28. The van der Waals surface area contributed by atoms with E-state index in [9.17, 15) is 9.59 Å². The number of carbonyl (C=O) groups excluding carboxylic acids is 1. The maximum atomic E-state index is 13.3. The van der Waals surface area contributed by atoms with E-state index in [1.807, 2.05) is 11.0 Å². The summed E-state index contributed by atoms with van der Waals surface area (Å²) in [6, 6.07) is 5.61. The highest BCUT2D eigenvalue weighted by atomic mass is 16.5. The maximum Gasteiger partial charge on any atom is 0.259 e. The largest absolute Gasteiger partial charge is 0.496 e. The predicted molar refractivity (Wildman–Crippen MR) is 124 cm³/mol. The first-order valence-electron chi connectivity index (χ1n) is 11.4. The highest BCUT2D eigenvalue weighted by Gasteiger charge is 2.29. The first kappa shape index (κ1) is 22.4. The van der Waals surface area contributed by atoms with Crippen LogP contribution >= 0.6 is 0 Å². The van der Waals surface area contributed by atoms with Crippen LogP contribution in [0.1, 0.15) is 45.6 Å². The number of benzene rings is 1. The second-order valence-corrected chi connectivity index (χ2v) is 8.73. The van der Waals surface area contributed by atoms with Crippen LogP contribution in [-0.2, 0) is 19.5 Å². The Labute approximate surface area is 189 Å². The second kappa shape index (κ2) is 9.36. The lowest BCUT2D eigenvalue weighted by Crippen LogP contribution is -2.33. The van der Waals surface area contributed by atoms with Gasteiger partial charge in [-0.2, -0.15) is 0 Å². The van der Waals surface area contributed by atoms with E-state index in [0.29, 0.717) is 24.3 Å². The lowest BCUT2D eigenvalue weighted by Gasteiger charge is -2.22. The van der Waals surface area contributed by atoms with E-state index in [1.165, 1.54) is 24.3 Å². The Hall–Kier alpha value is -2.80. The molecular formula is C25H33N3O4. The van der Waals surface area contributed by atoms with Crippen molar-refractivity contribution in [3.8, 4) is 11.5 Å². The average Bonchev–Trinajstić information content (AvgIpc) is 3.25. The fourth-order valence-electron chi connectivity index (χ4n) is 4.91. The van der Waals surface area contributed by atoms with E-state index in [4.69, 9.17) is 9.47 Å². The van der Waals surface area contributed by atoms with Gasteiger partial charge in [-0.05, 0) is 49.4 Å². The highest BCUT2D eigenvalue weighted by molar-refractivity contribution is 5.98. The molecule has 0 radical (unpaired) electrons. The van der Waals surface area contributed by atoms with Gasteiger partial charge in [0, 0.05) is 57.4 Å². The number of likely N-dealkylation sites (tertiary alicyclic amines) is 1. The lowest BCUT2D eigenvalue weighted by molar-refractivity contribution is 0.0787. The molecule has 172 valence electrons. The van der Waals surface area contributed by atoms with E-state index in [1.54, 1.807) is 11.7 Å². The Morgan fingerprint density at radius 1 is 0.938 bits per heavy atom. The minimum atomic E-state index is -0.104. The van der Waals surface area contributed by atoms with Crippen molar-refractivity contribution in [1.29, 1.82) is 0 Å². The minimum Gasteiger partial charge on any atom is -0.496 e. The number of hydrogen-bond donors (Lipinski definition) is 0. The zero-order valence-corrected chi connectivity index (χ0v) is 19.6. The van der Waals surface area contributed by atoms with Gasteiger partial charge in [-0.3, -0.25) is 14.5 Å². The van der Waals surface area contributed by atoms with Gasteiger partial charge < -0.3 is 18.9 Å². The van der Waals surface area contributed by atoms with Gasteiger partial charge >= 0.3 is 0 Å². The summed E-state index contributed by atoms with van der Waals surface area (Å²) in [5.41, 5.74) is 4.90. The highest BCUT2D eigenvalue weighted by Crippen LogP contribution is 2.28. The smallest absolute Gasteiger partial charge is 0.259 e. The van der Waals surface area contributed by atoms with Gasteiger partial charge in [-0.25, -0.2) is 0 Å². The standard InChI is InChI=1S/C25H33N3O4/c1-17-18(2)21(31-3)8-7-19(17)16-26-12-9-20-24(25(30)27-10-5-6-11-27)22(32-4)15-23(29)28(20)14-13-26/h7-8,15H,5-6,9-14,16H2,1-4H3. The topological polar surface area (TPSA) is 64.0 Å². The van der Waals surface area contributed by atoms with Crippen molar-refractivity contribution in [2.24, 2.45) is 0 Å². The Morgan fingerprint density at radius 3 is 2.34 bits per heavy atom.